The standard InChI is InChI=1S/C17H16Cl2N2O7/c1-27-14(26)21-17-10-9(15(10,17)12(22)23)16(20,13(24)25)11(17)28-5-6-2-3-7(18)8(19)4-6/h2-4,9-11H,5,20H2,1H3,(H,21,26)(H,22,23)(H,24,25)/t9-,10+,11-,15+,16+,17+/m0/s1. The molecular weight excluding hydrogens is 415 g/mol. The number of alkyl carbamates (subject to hydrolysis) is 1. The zero-order valence-electron chi connectivity index (χ0n) is 14.4. The summed E-state index contributed by atoms with van der Waals surface area (Å²) < 4.78 is 10.4. The van der Waals surface area contributed by atoms with Gasteiger partial charge in [-0.1, -0.05) is 29.3 Å². The van der Waals surface area contributed by atoms with Crippen LogP contribution in [0.4, 0.5) is 4.79 Å². The van der Waals surface area contributed by atoms with Gasteiger partial charge in [-0.3, -0.25) is 9.59 Å². The second-order valence-corrected chi connectivity index (χ2v) is 8.11. The van der Waals surface area contributed by atoms with Crippen molar-refractivity contribution in [3.63, 3.8) is 0 Å². The number of carbonyl (C=O) groups is 3. The summed E-state index contributed by atoms with van der Waals surface area (Å²) in [5, 5.41) is 22.6. The molecule has 5 rings (SSSR count). The largest absolute Gasteiger partial charge is 0.481 e. The van der Waals surface area contributed by atoms with E-state index in [0.29, 0.717) is 10.6 Å². The summed E-state index contributed by atoms with van der Waals surface area (Å²) in [6.07, 6.45) is -2.17. The Kier molecular flexibility index (Phi) is 3.94. The van der Waals surface area contributed by atoms with Crippen molar-refractivity contribution in [1.29, 1.82) is 0 Å². The number of rotatable bonds is 6. The fraction of sp³-hybridized carbons (Fsp3) is 0.471. The second-order valence-electron chi connectivity index (χ2n) is 7.29. The third-order valence-electron chi connectivity index (χ3n) is 6.28. The van der Waals surface area contributed by atoms with Crippen molar-refractivity contribution in [2.24, 2.45) is 23.0 Å². The second kappa shape index (κ2) is 5.73. The van der Waals surface area contributed by atoms with Crippen LogP contribution in [0.25, 0.3) is 0 Å². The van der Waals surface area contributed by atoms with Crippen LogP contribution < -0.4 is 11.1 Å². The van der Waals surface area contributed by atoms with Crippen molar-refractivity contribution in [2.75, 3.05) is 7.11 Å². The number of carbonyl (C=O) groups excluding carboxylic acids is 1. The van der Waals surface area contributed by atoms with Gasteiger partial charge in [0, 0.05) is 11.8 Å². The van der Waals surface area contributed by atoms with E-state index < -0.39 is 52.5 Å². The van der Waals surface area contributed by atoms with E-state index in [0.717, 1.165) is 7.11 Å². The van der Waals surface area contributed by atoms with E-state index in [1.165, 1.54) is 0 Å². The molecule has 0 spiro atoms. The number of benzene rings is 1. The SMILES string of the molecule is COC(=O)N[C@@]12[C@@H](OCc3ccc(Cl)c(Cl)c3)[C@@](N)(C(=O)O)[C@H]3[C@@H]1[C@@]32C(=O)O. The van der Waals surface area contributed by atoms with Crippen molar-refractivity contribution in [1.82, 2.24) is 5.32 Å². The van der Waals surface area contributed by atoms with Crippen molar-refractivity contribution >= 4 is 41.2 Å². The van der Waals surface area contributed by atoms with Crippen LogP contribution in [0.3, 0.4) is 0 Å². The molecule has 4 aliphatic rings. The number of carboxylic acids is 2. The highest BCUT2D eigenvalue weighted by atomic mass is 35.5. The number of hydrogen-bond donors (Lipinski definition) is 4. The van der Waals surface area contributed by atoms with Gasteiger partial charge < -0.3 is 30.7 Å². The highest BCUT2D eigenvalue weighted by molar-refractivity contribution is 6.42. The summed E-state index contributed by atoms with van der Waals surface area (Å²) in [6, 6.07) is 4.73. The lowest BCUT2D eigenvalue weighted by Crippen LogP contribution is -2.60. The van der Waals surface area contributed by atoms with Gasteiger partial charge in [-0.15, -0.1) is 0 Å². The summed E-state index contributed by atoms with van der Waals surface area (Å²) >= 11 is 11.9. The van der Waals surface area contributed by atoms with Gasteiger partial charge in [-0.2, -0.15) is 0 Å². The fourth-order valence-electron chi connectivity index (χ4n) is 5.17. The van der Waals surface area contributed by atoms with Gasteiger partial charge >= 0.3 is 18.0 Å². The van der Waals surface area contributed by atoms with Gasteiger partial charge in [0.15, 0.2) is 0 Å². The van der Waals surface area contributed by atoms with Gasteiger partial charge in [0.1, 0.15) is 17.1 Å². The number of carboxylic acid groups (broad SMARTS) is 2. The minimum absolute atomic E-state index is 0.104. The smallest absolute Gasteiger partial charge is 0.407 e. The Morgan fingerprint density at radius 1 is 1.18 bits per heavy atom. The molecule has 1 aromatic carbocycles. The molecule has 28 heavy (non-hydrogen) atoms. The Morgan fingerprint density at radius 2 is 1.86 bits per heavy atom. The van der Waals surface area contributed by atoms with E-state index in [4.69, 9.17) is 33.7 Å². The summed E-state index contributed by atoms with van der Waals surface area (Å²) in [6.45, 7) is -0.104. The molecule has 4 fully saturated rings. The molecule has 2 bridgehead atoms. The minimum atomic E-state index is -1.97. The lowest BCUT2D eigenvalue weighted by molar-refractivity contribution is -0.149. The molecule has 9 nitrogen and oxygen atoms in total. The summed E-state index contributed by atoms with van der Waals surface area (Å²) in [5.74, 6) is -4.12. The maximum absolute atomic E-state index is 12.0. The zero-order valence-corrected chi connectivity index (χ0v) is 16.0. The number of hydrogen-bond acceptors (Lipinski definition) is 6. The Morgan fingerprint density at radius 3 is 2.36 bits per heavy atom. The Balaban J connectivity index is 1.68. The van der Waals surface area contributed by atoms with Gasteiger partial charge in [0.25, 0.3) is 0 Å². The van der Waals surface area contributed by atoms with Gasteiger partial charge in [0.05, 0.1) is 29.3 Å². The van der Waals surface area contributed by atoms with E-state index in [1.54, 1.807) is 18.2 Å². The minimum Gasteiger partial charge on any atom is -0.481 e. The summed E-state index contributed by atoms with van der Waals surface area (Å²) in [4.78, 5) is 35.8. The molecule has 0 aliphatic heterocycles. The molecule has 0 saturated heterocycles. The molecule has 0 heterocycles. The number of methoxy groups -OCH3 is 1. The van der Waals surface area contributed by atoms with Crippen LogP contribution in [0.1, 0.15) is 5.56 Å². The number of amides is 1. The lowest BCUT2D eigenvalue weighted by atomic mass is 9.94. The van der Waals surface area contributed by atoms with E-state index in [-0.39, 0.29) is 11.6 Å². The number of fused-ring (bicyclic) bond motifs is 1. The number of ether oxygens (including phenoxy) is 2. The molecule has 0 radical (unpaired) electrons. The third-order valence-corrected chi connectivity index (χ3v) is 7.02. The van der Waals surface area contributed by atoms with Crippen LogP contribution in [0, 0.1) is 17.3 Å². The van der Waals surface area contributed by atoms with E-state index in [2.05, 4.69) is 10.1 Å². The molecule has 0 aromatic heterocycles. The first-order valence-corrected chi connectivity index (χ1v) is 9.03. The van der Waals surface area contributed by atoms with Crippen molar-refractivity contribution < 1.29 is 34.1 Å². The highest BCUT2D eigenvalue weighted by Gasteiger charge is 3.12. The van der Waals surface area contributed by atoms with Crippen LogP contribution in [-0.2, 0) is 25.7 Å². The maximum atomic E-state index is 12.0. The Hall–Kier alpha value is -2.07. The number of halogens is 2. The first-order valence-electron chi connectivity index (χ1n) is 8.27. The molecule has 1 amide bonds. The van der Waals surface area contributed by atoms with Gasteiger partial charge in [0.2, 0.25) is 0 Å². The quantitative estimate of drug-likeness (QED) is 0.524. The molecule has 4 aliphatic carbocycles. The van der Waals surface area contributed by atoms with Crippen LogP contribution in [-0.4, -0.2) is 52.5 Å². The Labute approximate surface area is 168 Å². The number of aliphatic carboxylic acids is 2. The molecule has 150 valence electrons. The highest BCUT2D eigenvalue weighted by Crippen LogP contribution is 2.95. The molecule has 6 atom stereocenters. The van der Waals surface area contributed by atoms with Crippen molar-refractivity contribution in [2.45, 2.75) is 23.8 Å². The summed E-state index contributed by atoms with van der Waals surface area (Å²) in [5.41, 5.74) is 1.86. The van der Waals surface area contributed by atoms with Gasteiger partial charge in [-0.05, 0) is 17.7 Å². The van der Waals surface area contributed by atoms with E-state index in [9.17, 15) is 24.6 Å². The van der Waals surface area contributed by atoms with Crippen LogP contribution in [0.5, 0.6) is 0 Å². The first-order chi connectivity index (χ1) is 13.1. The third kappa shape index (κ3) is 1.97. The molecule has 11 heteroatoms. The van der Waals surface area contributed by atoms with E-state index >= 15 is 0 Å². The topological polar surface area (TPSA) is 148 Å². The molecule has 1 aromatic rings. The number of nitrogens with two attached hydrogens (primary N) is 1. The Bertz CT molecular complexity index is 927. The molecule has 0 unspecified atom stereocenters. The normalized spacial score (nSPS) is 39.1. The van der Waals surface area contributed by atoms with E-state index in [1.807, 2.05) is 0 Å². The lowest BCUT2D eigenvalue weighted by Gasteiger charge is -2.30. The monoisotopic (exact) mass is 430 g/mol. The molecule has 4 saturated carbocycles. The van der Waals surface area contributed by atoms with Crippen molar-refractivity contribution in [3.8, 4) is 0 Å². The van der Waals surface area contributed by atoms with Crippen LogP contribution >= 0.6 is 23.2 Å². The predicted octanol–water partition coefficient (Wildman–Crippen LogP) is 1.10. The fourth-order valence-corrected chi connectivity index (χ4v) is 5.49. The molecular formula is C17H16Cl2N2O7. The average molecular weight is 431 g/mol. The van der Waals surface area contributed by atoms with Crippen LogP contribution in [0.15, 0.2) is 18.2 Å². The first kappa shape index (κ1) is 19.3. The van der Waals surface area contributed by atoms with Crippen LogP contribution in [0.2, 0.25) is 10.0 Å². The average Bonchev–Trinajstić information content (AvgIpc) is 3.45. The zero-order chi connectivity index (χ0) is 20.6. The molecule has 5 N–H and O–H groups in total. The van der Waals surface area contributed by atoms with Gasteiger partial charge in [-0.25, -0.2) is 4.79 Å². The van der Waals surface area contributed by atoms with Crippen molar-refractivity contribution in [3.05, 3.63) is 33.8 Å². The number of nitrogens with one attached hydrogen (secondary N) is 1. The maximum Gasteiger partial charge on any atom is 0.407 e. The summed E-state index contributed by atoms with van der Waals surface area (Å²) in [7, 11) is 1.12. The predicted molar refractivity (Wildman–Crippen MR) is 94.9 cm³/mol.